The van der Waals surface area contributed by atoms with Crippen LogP contribution in [0.15, 0.2) is 39.6 Å². The standard InChI is InChI=1S/C16H16N2O2S/c1-16(2)5-11(19)14-12(6-16)20-15(18)10(7-17)13(14)9-3-4-21-8-9/h3-4,8,13H,5-6,18H2,1-2H3/t13-/m0/s1. The number of carbonyl (C=O) groups excluding carboxylic acids is 1. The van der Waals surface area contributed by atoms with E-state index >= 15 is 0 Å². The van der Waals surface area contributed by atoms with Crippen molar-refractivity contribution < 1.29 is 9.53 Å². The number of hydrogen-bond donors (Lipinski definition) is 1. The minimum Gasteiger partial charge on any atom is -0.444 e. The lowest BCUT2D eigenvalue weighted by Gasteiger charge is -2.36. The molecule has 1 aromatic heterocycles. The van der Waals surface area contributed by atoms with E-state index in [4.69, 9.17) is 10.5 Å². The van der Waals surface area contributed by atoms with Gasteiger partial charge in [0.05, 0.1) is 5.92 Å². The lowest BCUT2D eigenvalue weighted by atomic mass is 9.70. The molecule has 0 saturated heterocycles. The van der Waals surface area contributed by atoms with E-state index in [1.54, 1.807) is 0 Å². The van der Waals surface area contributed by atoms with Crippen LogP contribution in [0, 0.1) is 16.7 Å². The molecule has 0 bridgehead atoms. The molecule has 2 aliphatic rings. The van der Waals surface area contributed by atoms with Gasteiger partial charge in [-0.1, -0.05) is 13.8 Å². The number of ketones is 1. The van der Waals surface area contributed by atoms with E-state index in [-0.39, 0.29) is 23.0 Å². The molecule has 1 aliphatic carbocycles. The Morgan fingerprint density at radius 3 is 2.86 bits per heavy atom. The first kappa shape index (κ1) is 13.9. The van der Waals surface area contributed by atoms with Crippen LogP contribution in [0.4, 0.5) is 0 Å². The Balaban J connectivity index is 2.17. The highest BCUT2D eigenvalue weighted by molar-refractivity contribution is 7.08. The number of rotatable bonds is 1. The average molecular weight is 300 g/mol. The van der Waals surface area contributed by atoms with Crippen LogP contribution in [0.2, 0.25) is 0 Å². The summed E-state index contributed by atoms with van der Waals surface area (Å²) in [5.74, 6) is 0.424. The van der Waals surface area contributed by atoms with E-state index in [1.807, 2.05) is 30.7 Å². The number of ether oxygens (including phenoxy) is 1. The second kappa shape index (κ2) is 4.74. The fraction of sp³-hybridized carbons (Fsp3) is 0.375. The number of hydrogen-bond acceptors (Lipinski definition) is 5. The molecule has 0 radical (unpaired) electrons. The summed E-state index contributed by atoms with van der Waals surface area (Å²) in [6.45, 7) is 4.08. The second-order valence-corrected chi connectivity index (χ2v) is 7.04. The normalized spacial score (nSPS) is 24.4. The van der Waals surface area contributed by atoms with Crippen molar-refractivity contribution in [2.45, 2.75) is 32.6 Å². The van der Waals surface area contributed by atoms with Crippen molar-refractivity contribution in [3.8, 4) is 6.07 Å². The van der Waals surface area contributed by atoms with Crippen molar-refractivity contribution in [3.05, 3.63) is 45.2 Å². The molecular formula is C16H16N2O2S. The summed E-state index contributed by atoms with van der Waals surface area (Å²) >= 11 is 1.54. The molecule has 0 amide bonds. The molecule has 0 fully saturated rings. The van der Waals surface area contributed by atoms with E-state index in [1.165, 1.54) is 11.3 Å². The van der Waals surface area contributed by atoms with Gasteiger partial charge in [-0.05, 0) is 27.8 Å². The molecule has 5 heteroatoms. The van der Waals surface area contributed by atoms with Crippen LogP contribution in [0.5, 0.6) is 0 Å². The fourth-order valence-electron chi connectivity index (χ4n) is 3.06. The van der Waals surface area contributed by atoms with Crippen molar-refractivity contribution in [1.82, 2.24) is 0 Å². The van der Waals surface area contributed by atoms with Crippen LogP contribution in [0.25, 0.3) is 0 Å². The Morgan fingerprint density at radius 2 is 2.24 bits per heavy atom. The first-order valence-electron chi connectivity index (χ1n) is 6.79. The van der Waals surface area contributed by atoms with Gasteiger partial charge in [-0.25, -0.2) is 0 Å². The topological polar surface area (TPSA) is 76.1 Å². The average Bonchev–Trinajstić information content (AvgIpc) is 2.88. The zero-order valence-corrected chi connectivity index (χ0v) is 12.8. The molecule has 1 atom stereocenters. The first-order chi connectivity index (χ1) is 9.93. The number of carbonyl (C=O) groups is 1. The van der Waals surface area contributed by atoms with Gasteiger partial charge >= 0.3 is 0 Å². The molecule has 2 N–H and O–H groups in total. The van der Waals surface area contributed by atoms with Crippen molar-refractivity contribution in [3.63, 3.8) is 0 Å². The number of allylic oxidation sites excluding steroid dienone is 3. The lowest BCUT2D eigenvalue weighted by molar-refractivity contribution is -0.119. The molecule has 21 heavy (non-hydrogen) atoms. The van der Waals surface area contributed by atoms with Crippen molar-refractivity contribution in [2.75, 3.05) is 0 Å². The molecular weight excluding hydrogens is 284 g/mol. The van der Waals surface area contributed by atoms with Gasteiger partial charge in [0, 0.05) is 18.4 Å². The van der Waals surface area contributed by atoms with Crippen molar-refractivity contribution >= 4 is 17.1 Å². The molecule has 0 aromatic carbocycles. The number of nitrogens with two attached hydrogens (primary N) is 1. The molecule has 3 rings (SSSR count). The van der Waals surface area contributed by atoms with Gasteiger partial charge in [-0.2, -0.15) is 16.6 Å². The van der Waals surface area contributed by atoms with Crippen LogP contribution in [-0.2, 0) is 9.53 Å². The predicted octanol–water partition coefficient (Wildman–Crippen LogP) is 3.20. The molecule has 4 nitrogen and oxygen atoms in total. The van der Waals surface area contributed by atoms with Gasteiger partial charge in [-0.15, -0.1) is 0 Å². The smallest absolute Gasteiger partial charge is 0.205 e. The maximum absolute atomic E-state index is 12.6. The van der Waals surface area contributed by atoms with Crippen LogP contribution in [0.1, 0.15) is 38.2 Å². The number of nitriles is 1. The highest BCUT2D eigenvalue weighted by Crippen LogP contribution is 2.47. The Morgan fingerprint density at radius 1 is 1.48 bits per heavy atom. The van der Waals surface area contributed by atoms with Gasteiger partial charge in [-0.3, -0.25) is 4.79 Å². The van der Waals surface area contributed by atoms with Crippen molar-refractivity contribution in [2.24, 2.45) is 11.1 Å². The molecule has 1 aliphatic heterocycles. The Bertz CT molecular complexity index is 705. The number of Topliss-reactive ketones (excluding diaryl/α,β-unsaturated/α-hetero) is 1. The third kappa shape index (κ3) is 2.26. The Hall–Kier alpha value is -2.06. The van der Waals surface area contributed by atoms with Crippen LogP contribution in [-0.4, -0.2) is 5.78 Å². The zero-order valence-electron chi connectivity index (χ0n) is 12.0. The van der Waals surface area contributed by atoms with Gasteiger partial charge < -0.3 is 10.5 Å². The van der Waals surface area contributed by atoms with Gasteiger partial charge in [0.25, 0.3) is 0 Å². The van der Waals surface area contributed by atoms with Crippen LogP contribution >= 0.6 is 11.3 Å². The summed E-state index contributed by atoms with van der Waals surface area (Å²) in [6.07, 6.45) is 1.13. The summed E-state index contributed by atoms with van der Waals surface area (Å²) in [7, 11) is 0. The summed E-state index contributed by atoms with van der Waals surface area (Å²) in [6, 6.07) is 4.05. The largest absolute Gasteiger partial charge is 0.444 e. The lowest BCUT2D eigenvalue weighted by Crippen LogP contribution is -2.33. The Labute approximate surface area is 127 Å². The zero-order chi connectivity index (χ0) is 15.2. The molecule has 0 saturated carbocycles. The molecule has 0 unspecified atom stereocenters. The van der Waals surface area contributed by atoms with Gasteiger partial charge in [0.1, 0.15) is 17.4 Å². The molecule has 1 aromatic rings. The second-order valence-electron chi connectivity index (χ2n) is 6.26. The number of thiophene rings is 1. The van der Waals surface area contributed by atoms with Crippen LogP contribution < -0.4 is 5.73 Å². The third-order valence-electron chi connectivity index (χ3n) is 3.95. The minimum absolute atomic E-state index is 0.0534. The SMILES string of the molecule is CC1(C)CC(=O)C2=C(C1)OC(N)=C(C#N)[C@@H]2c1ccsc1. The maximum atomic E-state index is 12.6. The van der Waals surface area contributed by atoms with E-state index in [0.29, 0.717) is 29.7 Å². The van der Waals surface area contributed by atoms with Gasteiger partial charge in [0.15, 0.2) is 5.78 Å². The monoisotopic (exact) mass is 300 g/mol. The summed E-state index contributed by atoms with van der Waals surface area (Å²) < 4.78 is 5.63. The fourth-order valence-corrected chi connectivity index (χ4v) is 3.74. The molecule has 0 spiro atoms. The highest BCUT2D eigenvalue weighted by Gasteiger charge is 2.42. The molecule has 2 heterocycles. The first-order valence-corrected chi connectivity index (χ1v) is 7.73. The predicted molar refractivity (Wildman–Crippen MR) is 80.0 cm³/mol. The summed E-state index contributed by atoms with van der Waals surface area (Å²) in [5.41, 5.74) is 7.66. The molecule has 108 valence electrons. The highest BCUT2D eigenvalue weighted by atomic mass is 32.1. The maximum Gasteiger partial charge on any atom is 0.205 e. The van der Waals surface area contributed by atoms with Crippen molar-refractivity contribution in [1.29, 1.82) is 5.26 Å². The number of nitrogens with zero attached hydrogens (tertiary/aromatic N) is 1. The summed E-state index contributed by atoms with van der Waals surface area (Å²) in [4.78, 5) is 12.6. The minimum atomic E-state index is -0.381. The van der Waals surface area contributed by atoms with Gasteiger partial charge in [0.2, 0.25) is 5.88 Å². The third-order valence-corrected chi connectivity index (χ3v) is 4.65. The quantitative estimate of drug-likeness (QED) is 0.864. The van der Waals surface area contributed by atoms with E-state index in [2.05, 4.69) is 6.07 Å². The summed E-state index contributed by atoms with van der Waals surface area (Å²) in [5, 5.41) is 13.3. The van der Waals surface area contributed by atoms with E-state index in [0.717, 1.165) is 5.56 Å². The van der Waals surface area contributed by atoms with E-state index < -0.39 is 0 Å². The van der Waals surface area contributed by atoms with Crippen LogP contribution in [0.3, 0.4) is 0 Å². The van der Waals surface area contributed by atoms with E-state index in [9.17, 15) is 10.1 Å². The Kier molecular flexibility index (Phi) is 3.14.